The molecule has 1 N–H and O–H groups in total. The Balaban J connectivity index is 1.28. The number of benzene rings is 1. The number of fused-ring (bicyclic) bond motifs is 3. The summed E-state index contributed by atoms with van der Waals surface area (Å²) in [6.45, 7) is 0.943. The van der Waals surface area contributed by atoms with Gasteiger partial charge < -0.3 is 14.8 Å². The van der Waals surface area contributed by atoms with Gasteiger partial charge in [0, 0.05) is 31.0 Å². The zero-order chi connectivity index (χ0) is 20.3. The number of hydrogen-bond acceptors (Lipinski definition) is 4. The largest absolute Gasteiger partial charge is 0.337 e. The Morgan fingerprint density at radius 1 is 1.17 bits per heavy atom. The molecule has 1 spiro atoms. The molecule has 30 heavy (non-hydrogen) atoms. The van der Waals surface area contributed by atoms with Crippen molar-refractivity contribution in [1.29, 1.82) is 0 Å². The summed E-state index contributed by atoms with van der Waals surface area (Å²) in [7, 11) is 0. The summed E-state index contributed by atoms with van der Waals surface area (Å²) in [5.41, 5.74) is 3.34. The second kappa shape index (κ2) is 6.39. The molecule has 3 aromatic rings. The van der Waals surface area contributed by atoms with Crippen molar-refractivity contribution in [3.8, 4) is 0 Å². The van der Waals surface area contributed by atoms with E-state index in [9.17, 15) is 9.59 Å². The molecule has 0 bridgehead atoms. The molecule has 1 aromatic carbocycles. The van der Waals surface area contributed by atoms with E-state index < -0.39 is 5.41 Å². The number of nitrogens with one attached hydrogen (secondary N) is 1. The first-order valence-electron chi connectivity index (χ1n) is 10.7. The maximum absolute atomic E-state index is 13.2. The summed E-state index contributed by atoms with van der Waals surface area (Å²) in [5.74, 6) is -0.100. The minimum absolute atomic E-state index is 0.0112. The van der Waals surface area contributed by atoms with Crippen molar-refractivity contribution in [3.63, 3.8) is 0 Å². The number of likely N-dealkylation sites (tertiary alicyclic amines) is 1. The van der Waals surface area contributed by atoms with Crippen molar-refractivity contribution in [1.82, 2.24) is 19.4 Å². The van der Waals surface area contributed by atoms with Gasteiger partial charge in [-0.2, -0.15) is 0 Å². The van der Waals surface area contributed by atoms with Crippen LogP contribution in [0, 0.1) is 0 Å². The minimum Gasteiger partial charge on any atom is -0.337 e. The molecule has 0 radical (unpaired) electrons. The highest BCUT2D eigenvalue weighted by Crippen LogP contribution is 2.44. The van der Waals surface area contributed by atoms with Crippen LogP contribution in [0.2, 0.25) is 0 Å². The Morgan fingerprint density at radius 2 is 2.00 bits per heavy atom. The highest BCUT2D eigenvalue weighted by Gasteiger charge is 2.52. The van der Waals surface area contributed by atoms with Gasteiger partial charge in [-0.1, -0.05) is 31.0 Å². The topological polar surface area (TPSA) is 80.1 Å². The minimum atomic E-state index is -0.645. The monoisotopic (exact) mass is 401 g/mol. The lowest BCUT2D eigenvalue weighted by Gasteiger charge is -2.22. The smallest absolute Gasteiger partial charge is 0.255 e. The van der Waals surface area contributed by atoms with Crippen LogP contribution in [0.5, 0.6) is 0 Å². The SMILES string of the molecule is O=C(c1cnc2c(c1)ncn2C1CCCC1)N1CCC2(C1)C(=O)Nc1ccccc12. The first-order valence-corrected chi connectivity index (χ1v) is 10.7. The van der Waals surface area contributed by atoms with Crippen molar-refractivity contribution in [2.24, 2.45) is 0 Å². The van der Waals surface area contributed by atoms with E-state index in [2.05, 4.69) is 19.9 Å². The molecule has 2 fully saturated rings. The van der Waals surface area contributed by atoms with Gasteiger partial charge in [0.1, 0.15) is 5.52 Å². The van der Waals surface area contributed by atoms with Crippen LogP contribution in [0.3, 0.4) is 0 Å². The third-order valence-corrected chi connectivity index (χ3v) is 7.06. The van der Waals surface area contributed by atoms with E-state index in [1.54, 1.807) is 11.1 Å². The third-order valence-electron chi connectivity index (χ3n) is 7.06. The Hall–Kier alpha value is -3.22. The molecule has 1 saturated carbocycles. The van der Waals surface area contributed by atoms with Gasteiger partial charge in [-0.3, -0.25) is 9.59 Å². The number of imidazole rings is 1. The van der Waals surface area contributed by atoms with Crippen molar-refractivity contribution < 1.29 is 9.59 Å². The summed E-state index contributed by atoms with van der Waals surface area (Å²) in [4.78, 5) is 36.9. The van der Waals surface area contributed by atoms with E-state index in [0.717, 1.165) is 35.3 Å². The molecule has 152 valence electrons. The van der Waals surface area contributed by atoms with E-state index in [1.165, 1.54) is 12.8 Å². The fourth-order valence-electron chi connectivity index (χ4n) is 5.43. The molecule has 4 heterocycles. The quantitative estimate of drug-likeness (QED) is 0.715. The number of amides is 2. The lowest BCUT2D eigenvalue weighted by molar-refractivity contribution is -0.120. The number of rotatable bonds is 2. The van der Waals surface area contributed by atoms with Crippen LogP contribution in [0.1, 0.15) is 54.1 Å². The van der Waals surface area contributed by atoms with Crippen LogP contribution < -0.4 is 5.32 Å². The molecule has 7 nitrogen and oxygen atoms in total. The van der Waals surface area contributed by atoms with E-state index >= 15 is 0 Å². The first-order chi connectivity index (χ1) is 14.7. The van der Waals surface area contributed by atoms with Crippen LogP contribution in [0.4, 0.5) is 5.69 Å². The fourth-order valence-corrected chi connectivity index (χ4v) is 5.43. The normalized spacial score (nSPS) is 23.5. The van der Waals surface area contributed by atoms with E-state index in [0.29, 0.717) is 31.1 Å². The third kappa shape index (κ3) is 2.44. The zero-order valence-corrected chi connectivity index (χ0v) is 16.7. The summed E-state index contributed by atoms with van der Waals surface area (Å²) in [6.07, 6.45) is 8.95. The Bertz CT molecular complexity index is 1180. The van der Waals surface area contributed by atoms with Crippen LogP contribution in [0.15, 0.2) is 42.9 Å². The number of nitrogens with zero attached hydrogens (tertiary/aromatic N) is 4. The maximum atomic E-state index is 13.2. The van der Waals surface area contributed by atoms with Gasteiger partial charge in [-0.15, -0.1) is 0 Å². The predicted octanol–water partition coefficient (Wildman–Crippen LogP) is 3.28. The Labute approximate surface area is 174 Å². The molecule has 1 atom stereocenters. The van der Waals surface area contributed by atoms with E-state index in [-0.39, 0.29) is 11.8 Å². The summed E-state index contributed by atoms with van der Waals surface area (Å²) in [6, 6.07) is 10.1. The van der Waals surface area contributed by atoms with Gasteiger partial charge in [0.05, 0.1) is 17.3 Å². The number of carbonyl (C=O) groups excluding carboxylic acids is 2. The fraction of sp³-hybridized carbons (Fsp3) is 0.391. The molecule has 7 heteroatoms. The molecule has 2 aromatic heterocycles. The summed E-state index contributed by atoms with van der Waals surface area (Å²) >= 11 is 0. The van der Waals surface area contributed by atoms with Crippen molar-refractivity contribution in [3.05, 3.63) is 54.0 Å². The van der Waals surface area contributed by atoms with E-state index in [1.807, 2.05) is 36.7 Å². The van der Waals surface area contributed by atoms with Crippen molar-refractivity contribution in [2.75, 3.05) is 18.4 Å². The van der Waals surface area contributed by atoms with Gasteiger partial charge in [0.2, 0.25) is 5.91 Å². The molecule has 6 rings (SSSR count). The highest BCUT2D eigenvalue weighted by molar-refractivity contribution is 6.07. The number of carbonyl (C=O) groups is 2. The molecule has 2 amide bonds. The molecule has 1 aliphatic carbocycles. The van der Waals surface area contributed by atoms with Gasteiger partial charge in [0.15, 0.2) is 5.65 Å². The average molecular weight is 401 g/mol. The lowest BCUT2D eigenvalue weighted by Crippen LogP contribution is -2.39. The first kappa shape index (κ1) is 17.6. The molecule has 1 saturated heterocycles. The standard InChI is InChI=1S/C23H23N5O2/c29-21(15-11-19-20(24-12-15)28(14-25-19)16-5-1-2-6-16)27-10-9-23(13-27)17-7-3-4-8-18(17)26-22(23)30/h3-4,7-8,11-12,14,16H,1-2,5-6,9-10,13H2,(H,26,30). The second-order valence-electron chi connectivity index (χ2n) is 8.72. The summed E-state index contributed by atoms with van der Waals surface area (Å²) in [5, 5.41) is 2.98. The van der Waals surface area contributed by atoms with Gasteiger partial charge in [-0.05, 0) is 37.0 Å². The van der Waals surface area contributed by atoms with Gasteiger partial charge in [-0.25, -0.2) is 9.97 Å². The van der Waals surface area contributed by atoms with Crippen LogP contribution in [-0.4, -0.2) is 44.3 Å². The Morgan fingerprint density at radius 3 is 2.87 bits per heavy atom. The molecule has 1 unspecified atom stereocenters. The Kier molecular flexibility index (Phi) is 3.75. The molecule has 3 aliphatic rings. The molecule has 2 aliphatic heterocycles. The van der Waals surface area contributed by atoms with Crippen LogP contribution in [0.25, 0.3) is 11.2 Å². The number of aromatic nitrogens is 3. The zero-order valence-electron chi connectivity index (χ0n) is 16.7. The van der Waals surface area contributed by atoms with Crippen molar-refractivity contribution >= 4 is 28.7 Å². The van der Waals surface area contributed by atoms with Crippen molar-refractivity contribution in [2.45, 2.75) is 43.6 Å². The molecular formula is C23H23N5O2. The highest BCUT2D eigenvalue weighted by atomic mass is 16.2. The number of hydrogen-bond donors (Lipinski definition) is 1. The number of anilines is 1. The van der Waals surface area contributed by atoms with Crippen LogP contribution in [-0.2, 0) is 10.2 Å². The lowest BCUT2D eigenvalue weighted by atomic mass is 9.81. The average Bonchev–Trinajstić information content (AvgIpc) is 3.55. The van der Waals surface area contributed by atoms with Gasteiger partial charge >= 0.3 is 0 Å². The number of para-hydroxylation sites is 1. The van der Waals surface area contributed by atoms with E-state index in [4.69, 9.17) is 0 Å². The maximum Gasteiger partial charge on any atom is 0.255 e. The predicted molar refractivity (Wildman–Crippen MR) is 112 cm³/mol. The van der Waals surface area contributed by atoms with Crippen LogP contribution >= 0.6 is 0 Å². The summed E-state index contributed by atoms with van der Waals surface area (Å²) < 4.78 is 2.15. The second-order valence-corrected chi connectivity index (χ2v) is 8.72. The van der Waals surface area contributed by atoms with Gasteiger partial charge in [0.25, 0.3) is 5.91 Å². The molecular weight excluding hydrogens is 378 g/mol. The number of pyridine rings is 1.